The lowest BCUT2D eigenvalue weighted by molar-refractivity contribution is -0.138. The zero-order valence-electron chi connectivity index (χ0n) is 16.1. The molecule has 0 bridgehead atoms. The summed E-state index contributed by atoms with van der Waals surface area (Å²) in [5, 5.41) is 5.06. The molecule has 0 aliphatic heterocycles. The molecule has 0 heterocycles. The smallest absolute Gasteiger partial charge is 0.325 e. The molecule has 0 radical (unpaired) electrons. The molecule has 2 aromatic carbocycles. The quantitative estimate of drug-likeness (QED) is 0.667. The van der Waals surface area contributed by atoms with Crippen LogP contribution in [0.3, 0.4) is 0 Å². The largest absolute Gasteiger partial charge is 0.416 e. The monoisotopic (exact) mass is 392 g/mol. The standard InChI is InChI=1S/C21H23F3N2O2/c1-13(2)14-8-10-16(11-9-14)25-18(27)20(3,4)19(28)26-17-7-5-6-15(12-17)21(22,23)24/h5-13H,1-4H3,(H,25,27)(H,26,28). The van der Waals surface area contributed by atoms with Crippen LogP contribution >= 0.6 is 0 Å². The summed E-state index contributed by atoms with van der Waals surface area (Å²) in [4.78, 5) is 25.1. The number of amides is 2. The number of carbonyl (C=O) groups is 2. The van der Waals surface area contributed by atoms with E-state index in [0.29, 0.717) is 11.6 Å². The third-order valence-electron chi connectivity index (χ3n) is 4.42. The predicted molar refractivity (Wildman–Crippen MR) is 103 cm³/mol. The molecule has 0 aromatic heterocycles. The van der Waals surface area contributed by atoms with Crippen LogP contribution in [0.4, 0.5) is 24.5 Å². The molecular formula is C21H23F3N2O2. The van der Waals surface area contributed by atoms with Crippen molar-refractivity contribution in [3.05, 3.63) is 59.7 Å². The zero-order chi connectivity index (χ0) is 21.1. The van der Waals surface area contributed by atoms with E-state index in [1.165, 1.54) is 26.0 Å². The molecule has 150 valence electrons. The fourth-order valence-corrected chi connectivity index (χ4v) is 2.40. The lowest BCUT2D eigenvalue weighted by Gasteiger charge is -2.23. The Balaban J connectivity index is 2.10. The van der Waals surface area contributed by atoms with E-state index in [1.807, 2.05) is 12.1 Å². The van der Waals surface area contributed by atoms with Gasteiger partial charge in [0.05, 0.1) is 5.56 Å². The first-order chi connectivity index (χ1) is 12.9. The number of benzene rings is 2. The average Bonchev–Trinajstić information content (AvgIpc) is 2.61. The summed E-state index contributed by atoms with van der Waals surface area (Å²) >= 11 is 0. The van der Waals surface area contributed by atoms with E-state index in [2.05, 4.69) is 24.5 Å². The lowest BCUT2D eigenvalue weighted by atomic mass is 9.90. The molecular weight excluding hydrogens is 369 g/mol. The van der Waals surface area contributed by atoms with Crippen molar-refractivity contribution in [2.45, 2.75) is 39.8 Å². The van der Waals surface area contributed by atoms with Crippen LogP contribution < -0.4 is 10.6 Å². The van der Waals surface area contributed by atoms with E-state index in [-0.39, 0.29) is 5.69 Å². The molecule has 0 fully saturated rings. The summed E-state index contributed by atoms with van der Waals surface area (Å²) in [6.07, 6.45) is -4.52. The number of hydrogen-bond donors (Lipinski definition) is 2. The van der Waals surface area contributed by atoms with E-state index in [9.17, 15) is 22.8 Å². The number of anilines is 2. The summed E-state index contributed by atoms with van der Waals surface area (Å²) in [5.41, 5.74) is -0.751. The van der Waals surface area contributed by atoms with Gasteiger partial charge in [-0.2, -0.15) is 13.2 Å². The minimum Gasteiger partial charge on any atom is -0.325 e. The van der Waals surface area contributed by atoms with Gasteiger partial charge in [0, 0.05) is 11.4 Å². The number of hydrogen-bond acceptors (Lipinski definition) is 2. The van der Waals surface area contributed by atoms with E-state index in [4.69, 9.17) is 0 Å². The predicted octanol–water partition coefficient (Wildman–Crippen LogP) is 5.43. The molecule has 0 aliphatic rings. The van der Waals surface area contributed by atoms with Crippen molar-refractivity contribution >= 4 is 23.2 Å². The minimum atomic E-state index is -4.52. The second kappa shape index (κ2) is 8.04. The second-order valence-electron chi connectivity index (χ2n) is 7.39. The average molecular weight is 392 g/mol. The molecule has 0 spiro atoms. The molecule has 4 nitrogen and oxygen atoms in total. The van der Waals surface area contributed by atoms with Gasteiger partial charge in [0.1, 0.15) is 5.41 Å². The third kappa shape index (κ3) is 5.12. The fraction of sp³-hybridized carbons (Fsp3) is 0.333. The Hall–Kier alpha value is -2.83. The van der Waals surface area contributed by atoms with Gasteiger partial charge >= 0.3 is 6.18 Å². The number of rotatable bonds is 5. The van der Waals surface area contributed by atoms with Crippen LogP contribution in [-0.4, -0.2) is 11.8 Å². The lowest BCUT2D eigenvalue weighted by Crippen LogP contribution is -2.41. The number of carbonyl (C=O) groups excluding carboxylic acids is 2. The summed E-state index contributed by atoms with van der Waals surface area (Å²) in [7, 11) is 0. The SMILES string of the molecule is CC(C)c1ccc(NC(=O)C(C)(C)C(=O)Nc2cccc(C(F)(F)F)c2)cc1. The molecule has 7 heteroatoms. The van der Waals surface area contributed by atoms with Gasteiger partial charge in [-0.25, -0.2) is 0 Å². The maximum absolute atomic E-state index is 12.8. The Labute approximate surface area is 162 Å². The van der Waals surface area contributed by atoms with Crippen LogP contribution in [0.1, 0.15) is 44.7 Å². The normalized spacial score (nSPS) is 12.0. The van der Waals surface area contributed by atoms with E-state index < -0.39 is 29.0 Å². The molecule has 28 heavy (non-hydrogen) atoms. The Kier molecular flexibility index (Phi) is 6.17. The van der Waals surface area contributed by atoms with Gasteiger partial charge in [-0.1, -0.05) is 32.0 Å². The van der Waals surface area contributed by atoms with Crippen molar-refractivity contribution in [3.63, 3.8) is 0 Å². The molecule has 2 N–H and O–H groups in total. The summed E-state index contributed by atoms with van der Waals surface area (Å²) in [6.45, 7) is 6.92. The number of halogens is 3. The molecule has 0 atom stereocenters. The molecule has 0 aliphatic carbocycles. The molecule has 0 saturated heterocycles. The van der Waals surface area contributed by atoms with E-state index in [1.54, 1.807) is 12.1 Å². The first-order valence-electron chi connectivity index (χ1n) is 8.81. The highest BCUT2D eigenvalue weighted by atomic mass is 19.4. The first-order valence-corrected chi connectivity index (χ1v) is 8.81. The maximum Gasteiger partial charge on any atom is 0.416 e. The van der Waals surface area contributed by atoms with Crippen molar-refractivity contribution < 1.29 is 22.8 Å². The zero-order valence-corrected chi connectivity index (χ0v) is 16.1. The van der Waals surface area contributed by atoms with Gasteiger partial charge in [-0.05, 0) is 55.7 Å². The van der Waals surface area contributed by atoms with Gasteiger partial charge in [0.2, 0.25) is 11.8 Å². The van der Waals surface area contributed by atoms with Gasteiger partial charge < -0.3 is 10.6 Å². The minimum absolute atomic E-state index is 0.0259. The van der Waals surface area contributed by atoms with Crippen molar-refractivity contribution in [2.75, 3.05) is 10.6 Å². The Morgan fingerprint density at radius 1 is 0.857 bits per heavy atom. The summed E-state index contributed by atoms with van der Waals surface area (Å²) < 4.78 is 38.4. The molecule has 0 saturated carbocycles. The molecule has 0 unspecified atom stereocenters. The summed E-state index contributed by atoms with van der Waals surface area (Å²) in [5.74, 6) is -0.920. The topological polar surface area (TPSA) is 58.2 Å². The number of alkyl halides is 3. The highest BCUT2D eigenvalue weighted by Crippen LogP contribution is 2.31. The van der Waals surface area contributed by atoms with Crippen LogP contribution in [0.25, 0.3) is 0 Å². The second-order valence-corrected chi connectivity index (χ2v) is 7.39. The first kappa shape index (κ1) is 21.5. The van der Waals surface area contributed by atoms with Crippen molar-refractivity contribution in [1.29, 1.82) is 0 Å². The Morgan fingerprint density at radius 2 is 1.39 bits per heavy atom. The van der Waals surface area contributed by atoms with Crippen LogP contribution in [0, 0.1) is 5.41 Å². The van der Waals surface area contributed by atoms with E-state index >= 15 is 0 Å². The van der Waals surface area contributed by atoms with Crippen LogP contribution in [-0.2, 0) is 15.8 Å². The molecule has 2 amide bonds. The van der Waals surface area contributed by atoms with Crippen molar-refractivity contribution in [2.24, 2.45) is 5.41 Å². The highest BCUT2D eigenvalue weighted by Gasteiger charge is 2.37. The van der Waals surface area contributed by atoms with Gasteiger partial charge in [-0.15, -0.1) is 0 Å². The van der Waals surface area contributed by atoms with E-state index in [0.717, 1.165) is 17.7 Å². The Bertz CT molecular complexity index is 857. The third-order valence-corrected chi connectivity index (χ3v) is 4.42. The van der Waals surface area contributed by atoms with Crippen molar-refractivity contribution in [3.8, 4) is 0 Å². The molecule has 2 rings (SSSR count). The van der Waals surface area contributed by atoms with Gasteiger partial charge in [-0.3, -0.25) is 9.59 Å². The van der Waals surface area contributed by atoms with Gasteiger partial charge in [0.25, 0.3) is 0 Å². The fourth-order valence-electron chi connectivity index (χ4n) is 2.40. The van der Waals surface area contributed by atoms with Crippen LogP contribution in [0.5, 0.6) is 0 Å². The van der Waals surface area contributed by atoms with Crippen molar-refractivity contribution in [1.82, 2.24) is 0 Å². The van der Waals surface area contributed by atoms with Gasteiger partial charge in [0.15, 0.2) is 0 Å². The molecule has 2 aromatic rings. The number of nitrogens with one attached hydrogen (secondary N) is 2. The van der Waals surface area contributed by atoms with Crippen LogP contribution in [0.15, 0.2) is 48.5 Å². The maximum atomic E-state index is 12.8. The highest BCUT2D eigenvalue weighted by molar-refractivity contribution is 6.14. The summed E-state index contributed by atoms with van der Waals surface area (Å²) in [6, 6.07) is 11.5. The Morgan fingerprint density at radius 3 is 1.89 bits per heavy atom. The van der Waals surface area contributed by atoms with Crippen LogP contribution in [0.2, 0.25) is 0 Å².